The highest BCUT2D eigenvalue weighted by Crippen LogP contribution is 1.98. The van der Waals surface area contributed by atoms with Crippen molar-refractivity contribution in [3.8, 4) is 0 Å². The highest BCUT2D eigenvalue weighted by atomic mass is 14.9. The molecule has 1 rings (SSSR count). The van der Waals surface area contributed by atoms with Gasteiger partial charge in [-0.25, -0.2) is 4.98 Å². The Morgan fingerprint density at radius 2 is 2.53 bits per heavy atom. The maximum atomic E-state index is 4.19. The van der Waals surface area contributed by atoms with Gasteiger partial charge in [0.05, 0.1) is 0 Å². The van der Waals surface area contributed by atoms with Gasteiger partial charge in [-0.3, -0.25) is 0 Å². The minimum Gasteiger partial charge on any atom is -0.349 e. The van der Waals surface area contributed by atoms with Gasteiger partial charge in [0.2, 0.25) is 0 Å². The Labute approximate surface area is 92.0 Å². The van der Waals surface area contributed by atoms with Gasteiger partial charge < -0.3 is 10.3 Å². The van der Waals surface area contributed by atoms with Crippen molar-refractivity contribution in [2.24, 2.45) is 0 Å². The molecule has 1 aromatic rings. The summed E-state index contributed by atoms with van der Waals surface area (Å²) in [5.74, 6) is 1.08. The van der Waals surface area contributed by atoms with E-state index in [2.05, 4.69) is 28.8 Å². The van der Waals surface area contributed by atoms with E-state index < -0.39 is 0 Å². The van der Waals surface area contributed by atoms with Gasteiger partial charge in [-0.15, -0.1) is 6.58 Å². The van der Waals surface area contributed by atoms with Gasteiger partial charge in [0, 0.05) is 24.9 Å². The fourth-order valence-electron chi connectivity index (χ4n) is 1.51. The molecule has 1 heterocycles. The van der Waals surface area contributed by atoms with Crippen LogP contribution in [0.3, 0.4) is 0 Å². The molecule has 2 N–H and O–H groups in total. The molecule has 0 fully saturated rings. The van der Waals surface area contributed by atoms with Crippen LogP contribution >= 0.6 is 0 Å². The average Bonchev–Trinajstić information content (AvgIpc) is 2.74. The number of allylic oxidation sites excluding steroid dienone is 1. The van der Waals surface area contributed by atoms with Gasteiger partial charge in [0.25, 0.3) is 0 Å². The molecule has 0 aliphatic carbocycles. The maximum Gasteiger partial charge on any atom is 0.106 e. The second kappa shape index (κ2) is 7.23. The maximum absolute atomic E-state index is 4.19. The summed E-state index contributed by atoms with van der Waals surface area (Å²) in [4.78, 5) is 7.29. The number of rotatable bonds is 8. The molecule has 0 bridgehead atoms. The van der Waals surface area contributed by atoms with E-state index in [0.717, 1.165) is 31.6 Å². The van der Waals surface area contributed by atoms with E-state index in [0.29, 0.717) is 6.04 Å². The van der Waals surface area contributed by atoms with Crippen LogP contribution in [0.5, 0.6) is 0 Å². The molecule has 0 radical (unpaired) electrons. The second-order valence-corrected chi connectivity index (χ2v) is 3.86. The predicted octanol–water partition coefficient (Wildman–Crippen LogP) is 2.29. The van der Waals surface area contributed by atoms with Crippen molar-refractivity contribution in [2.45, 2.75) is 38.6 Å². The molecule has 84 valence electrons. The van der Waals surface area contributed by atoms with E-state index in [1.807, 2.05) is 12.3 Å². The first-order valence-corrected chi connectivity index (χ1v) is 5.65. The number of nitrogens with zero attached hydrogens (tertiary/aromatic N) is 1. The Hall–Kier alpha value is -1.09. The zero-order valence-corrected chi connectivity index (χ0v) is 9.50. The summed E-state index contributed by atoms with van der Waals surface area (Å²) in [6, 6.07) is 0.583. The number of hydrogen-bond acceptors (Lipinski definition) is 2. The molecular formula is C12H21N3. The minimum absolute atomic E-state index is 0.583. The second-order valence-electron chi connectivity index (χ2n) is 3.86. The number of H-pyrrole nitrogens is 1. The molecule has 0 aliphatic heterocycles. The Morgan fingerprint density at radius 3 is 3.20 bits per heavy atom. The van der Waals surface area contributed by atoms with E-state index in [-0.39, 0.29) is 0 Å². The molecule has 0 spiro atoms. The Balaban J connectivity index is 1.99. The lowest BCUT2D eigenvalue weighted by atomic mass is 10.2. The third kappa shape index (κ3) is 5.37. The van der Waals surface area contributed by atoms with Crippen molar-refractivity contribution in [3.63, 3.8) is 0 Å². The van der Waals surface area contributed by atoms with Crippen LogP contribution in [0, 0.1) is 0 Å². The number of nitrogens with one attached hydrogen (secondary N) is 2. The van der Waals surface area contributed by atoms with Crippen molar-refractivity contribution in [2.75, 3.05) is 6.54 Å². The number of aryl methyl sites for hydroxylation is 1. The summed E-state index contributed by atoms with van der Waals surface area (Å²) in [6.07, 6.45) is 10.1. The zero-order chi connectivity index (χ0) is 10.9. The molecular weight excluding hydrogens is 186 g/mol. The summed E-state index contributed by atoms with van der Waals surface area (Å²) in [5.41, 5.74) is 0. The fraction of sp³-hybridized carbons (Fsp3) is 0.583. The van der Waals surface area contributed by atoms with E-state index >= 15 is 0 Å². The van der Waals surface area contributed by atoms with Crippen molar-refractivity contribution >= 4 is 0 Å². The summed E-state index contributed by atoms with van der Waals surface area (Å²) in [5, 5.41) is 3.49. The van der Waals surface area contributed by atoms with Crippen molar-refractivity contribution < 1.29 is 0 Å². The standard InChI is InChI=1S/C12H21N3/c1-3-4-6-11(2)13-8-5-7-12-14-9-10-15-12/h3,9-11,13H,1,4-8H2,2H3,(H,14,15). The number of aromatic amines is 1. The highest BCUT2D eigenvalue weighted by molar-refractivity contribution is 4.86. The van der Waals surface area contributed by atoms with Crippen LogP contribution in [0.2, 0.25) is 0 Å². The number of hydrogen-bond donors (Lipinski definition) is 2. The molecule has 0 saturated carbocycles. The largest absolute Gasteiger partial charge is 0.349 e. The van der Waals surface area contributed by atoms with Crippen LogP contribution in [0.1, 0.15) is 32.0 Å². The number of aromatic nitrogens is 2. The van der Waals surface area contributed by atoms with Crippen molar-refractivity contribution in [1.82, 2.24) is 15.3 Å². The third-order valence-corrected chi connectivity index (χ3v) is 2.44. The fourth-order valence-corrected chi connectivity index (χ4v) is 1.51. The summed E-state index contributed by atoms with van der Waals surface area (Å²) >= 11 is 0. The Morgan fingerprint density at radius 1 is 1.67 bits per heavy atom. The van der Waals surface area contributed by atoms with Crippen LogP contribution in [-0.2, 0) is 6.42 Å². The van der Waals surface area contributed by atoms with Crippen molar-refractivity contribution in [1.29, 1.82) is 0 Å². The molecule has 1 aromatic heterocycles. The molecule has 1 unspecified atom stereocenters. The third-order valence-electron chi connectivity index (χ3n) is 2.44. The average molecular weight is 207 g/mol. The summed E-state index contributed by atoms with van der Waals surface area (Å²) in [7, 11) is 0. The first-order chi connectivity index (χ1) is 7.33. The first kappa shape index (κ1) is 12.0. The van der Waals surface area contributed by atoms with Gasteiger partial charge in [0.15, 0.2) is 0 Å². The normalized spacial score (nSPS) is 12.6. The van der Waals surface area contributed by atoms with Gasteiger partial charge >= 0.3 is 0 Å². The quantitative estimate of drug-likeness (QED) is 0.507. The first-order valence-electron chi connectivity index (χ1n) is 5.65. The van der Waals surface area contributed by atoms with Crippen LogP contribution in [0.25, 0.3) is 0 Å². The minimum atomic E-state index is 0.583. The van der Waals surface area contributed by atoms with Gasteiger partial charge in [0.1, 0.15) is 5.82 Å². The molecule has 0 aromatic carbocycles. The van der Waals surface area contributed by atoms with Crippen LogP contribution in [-0.4, -0.2) is 22.6 Å². The summed E-state index contributed by atoms with van der Waals surface area (Å²) < 4.78 is 0. The Kier molecular flexibility index (Phi) is 5.78. The van der Waals surface area contributed by atoms with E-state index in [1.165, 1.54) is 6.42 Å². The molecule has 1 atom stereocenters. The van der Waals surface area contributed by atoms with Gasteiger partial charge in [-0.1, -0.05) is 6.08 Å². The van der Waals surface area contributed by atoms with E-state index in [4.69, 9.17) is 0 Å². The smallest absolute Gasteiger partial charge is 0.106 e. The molecule has 0 aliphatic rings. The van der Waals surface area contributed by atoms with E-state index in [1.54, 1.807) is 6.20 Å². The predicted molar refractivity (Wildman–Crippen MR) is 63.8 cm³/mol. The van der Waals surface area contributed by atoms with Crippen molar-refractivity contribution in [3.05, 3.63) is 30.9 Å². The highest BCUT2D eigenvalue weighted by Gasteiger charge is 1.99. The molecule has 0 amide bonds. The SMILES string of the molecule is C=CCCC(C)NCCCc1ncc[nH]1. The monoisotopic (exact) mass is 207 g/mol. The topological polar surface area (TPSA) is 40.7 Å². The van der Waals surface area contributed by atoms with Gasteiger partial charge in [-0.2, -0.15) is 0 Å². The lowest BCUT2D eigenvalue weighted by Crippen LogP contribution is -2.27. The molecule has 3 heteroatoms. The van der Waals surface area contributed by atoms with Crippen LogP contribution in [0.15, 0.2) is 25.0 Å². The Bertz CT molecular complexity index is 254. The molecule has 3 nitrogen and oxygen atoms in total. The lowest BCUT2D eigenvalue weighted by molar-refractivity contribution is 0.508. The molecule has 15 heavy (non-hydrogen) atoms. The lowest BCUT2D eigenvalue weighted by Gasteiger charge is -2.11. The number of imidazole rings is 1. The van der Waals surface area contributed by atoms with Crippen LogP contribution < -0.4 is 5.32 Å². The summed E-state index contributed by atoms with van der Waals surface area (Å²) in [6.45, 7) is 7.00. The van der Waals surface area contributed by atoms with Crippen LogP contribution in [0.4, 0.5) is 0 Å². The zero-order valence-electron chi connectivity index (χ0n) is 9.50. The van der Waals surface area contributed by atoms with Gasteiger partial charge in [-0.05, 0) is 32.7 Å². The molecule has 0 saturated heterocycles. The van der Waals surface area contributed by atoms with E-state index in [9.17, 15) is 0 Å².